The largest absolute Gasteiger partial charge is 0.459 e. The van der Waals surface area contributed by atoms with Crippen LogP contribution in [0.4, 0.5) is 5.69 Å². The van der Waals surface area contributed by atoms with E-state index < -0.39 is 0 Å². The van der Waals surface area contributed by atoms with E-state index in [0.29, 0.717) is 6.42 Å². The number of nitrogens with two attached hydrogens (primary N) is 1. The first kappa shape index (κ1) is 7.92. The average molecular weight is 173 g/mol. The summed E-state index contributed by atoms with van der Waals surface area (Å²) < 4.78 is 5.54. The van der Waals surface area contributed by atoms with Gasteiger partial charge in [-0.05, 0) is 12.1 Å². The van der Waals surface area contributed by atoms with Gasteiger partial charge in [0.2, 0.25) is 0 Å². The molecule has 0 saturated heterocycles. The summed E-state index contributed by atoms with van der Waals surface area (Å²) in [4.78, 5) is 0. The predicted octanol–water partition coefficient (Wildman–Crippen LogP) is 2.74. The molecule has 0 aliphatic carbocycles. The van der Waals surface area contributed by atoms with Gasteiger partial charge in [0.15, 0.2) is 0 Å². The van der Waals surface area contributed by atoms with Gasteiger partial charge < -0.3 is 10.2 Å². The minimum Gasteiger partial charge on any atom is -0.459 e. The van der Waals surface area contributed by atoms with Crippen molar-refractivity contribution in [1.82, 2.24) is 0 Å². The van der Waals surface area contributed by atoms with Gasteiger partial charge in [-0.25, -0.2) is 0 Å². The Balaban J connectivity index is 2.66. The zero-order valence-corrected chi connectivity index (χ0v) is 7.29. The molecule has 0 amide bonds. The van der Waals surface area contributed by atoms with E-state index in [1.165, 1.54) is 0 Å². The highest BCUT2D eigenvalue weighted by molar-refractivity contribution is 5.90. The van der Waals surface area contributed by atoms with Crippen molar-refractivity contribution >= 4 is 16.7 Å². The number of furan rings is 1. The molecule has 13 heavy (non-hydrogen) atoms. The van der Waals surface area contributed by atoms with Crippen molar-refractivity contribution in [1.29, 1.82) is 0 Å². The molecule has 0 spiro atoms. The van der Waals surface area contributed by atoms with E-state index in [-0.39, 0.29) is 0 Å². The summed E-state index contributed by atoms with van der Waals surface area (Å²) in [7, 11) is 0. The first-order valence-electron chi connectivity index (χ1n) is 4.19. The van der Waals surface area contributed by atoms with Crippen LogP contribution in [0, 0.1) is 0 Å². The van der Waals surface area contributed by atoms with Gasteiger partial charge in [0.1, 0.15) is 11.3 Å². The van der Waals surface area contributed by atoms with Crippen molar-refractivity contribution in [3.63, 3.8) is 0 Å². The maximum absolute atomic E-state index is 5.88. The fourth-order valence-electron chi connectivity index (χ4n) is 1.40. The Morgan fingerprint density at radius 3 is 2.85 bits per heavy atom. The average Bonchev–Trinajstić information content (AvgIpc) is 2.46. The lowest BCUT2D eigenvalue weighted by molar-refractivity contribution is 0.567. The zero-order valence-electron chi connectivity index (χ0n) is 7.29. The molecule has 2 nitrogen and oxygen atoms in total. The van der Waals surface area contributed by atoms with Crippen LogP contribution in [0.1, 0.15) is 5.76 Å². The van der Waals surface area contributed by atoms with Crippen LogP contribution in [-0.4, -0.2) is 0 Å². The number of fused-ring (bicyclic) bond motifs is 1. The molecule has 1 aromatic heterocycles. The summed E-state index contributed by atoms with van der Waals surface area (Å²) in [6.07, 6.45) is 2.47. The van der Waals surface area contributed by atoms with Crippen LogP contribution in [0.25, 0.3) is 11.0 Å². The minimum atomic E-state index is 0.681. The number of nitrogen functional groups attached to an aromatic ring is 1. The van der Waals surface area contributed by atoms with Crippen molar-refractivity contribution in [2.45, 2.75) is 6.42 Å². The van der Waals surface area contributed by atoms with E-state index in [0.717, 1.165) is 22.4 Å². The third kappa shape index (κ3) is 1.20. The summed E-state index contributed by atoms with van der Waals surface area (Å²) in [5, 5.41) is 0.986. The number of para-hydroxylation sites is 1. The van der Waals surface area contributed by atoms with Crippen molar-refractivity contribution < 1.29 is 4.42 Å². The van der Waals surface area contributed by atoms with Crippen molar-refractivity contribution in [2.75, 3.05) is 5.73 Å². The fraction of sp³-hybridized carbons (Fsp3) is 0.0909. The Bertz CT molecular complexity index is 442. The van der Waals surface area contributed by atoms with Crippen molar-refractivity contribution in [3.05, 3.63) is 42.7 Å². The molecule has 2 rings (SSSR count). The Morgan fingerprint density at radius 1 is 1.38 bits per heavy atom. The maximum atomic E-state index is 5.88. The van der Waals surface area contributed by atoms with Crippen LogP contribution in [0.2, 0.25) is 0 Å². The topological polar surface area (TPSA) is 39.2 Å². The van der Waals surface area contributed by atoms with Crippen LogP contribution in [-0.2, 0) is 6.42 Å². The molecule has 0 aliphatic heterocycles. The molecular weight excluding hydrogens is 162 g/mol. The highest BCUT2D eigenvalue weighted by atomic mass is 16.3. The second-order valence-electron chi connectivity index (χ2n) is 2.93. The molecule has 2 N–H and O–H groups in total. The van der Waals surface area contributed by atoms with Crippen molar-refractivity contribution in [2.24, 2.45) is 0 Å². The summed E-state index contributed by atoms with van der Waals surface area (Å²) in [6, 6.07) is 7.76. The molecule has 1 aromatic carbocycles. The van der Waals surface area contributed by atoms with E-state index >= 15 is 0 Å². The Morgan fingerprint density at radius 2 is 2.15 bits per heavy atom. The Kier molecular flexibility index (Phi) is 1.81. The van der Waals surface area contributed by atoms with Gasteiger partial charge in [-0.15, -0.1) is 6.58 Å². The summed E-state index contributed by atoms with van der Waals surface area (Å²) in [6.45, 7) is 3.65. The second-order valence-corrected chi connectivity index (χ2v) is 2.93. The number of anilines is 1. The van der Waals surface area contributed by atoms with Crippen molar-refractivity contribution in [3.8, 4) is 0 Å². The van der Waals surface area contributed by atoms with Gasteiger partial charge in [-0.3, -0.25) is 0 Å². The van der Waals surface area contributed by atoms with E-state index in [2.05, 4.69) is 6.58 Å². The number of hydrogen-bond acceptors (Lipinski definition) is 2. The molecule has 0 unspecified atom stereocenters. The standard InChI is InChI=1S/C11H11NO/c1-2-5-10-11(12)8-6-3-4-7-9(8)13-10/h2-4,6-7H,1,5,12H2. The lowest BCUT2D eigenvalue weighted by Gasteiger charge is -1.90. The molecule has 0 aliphatic rings. The molecule has 66 valence electrons. The van der Waals surface area contributed by atoms with Gasteiger partial charge in [-0.2, -0.15) is 0 Å². The van der Waals surface area contributed by atoms with E-state index in [4.69, 9.17) is 10.2 Å². The maximum Gasteiger partial charge on any atom is 0.136 e. The summed E-state index contributed by atoms with van der Waals surface area (Å²) in [5.41, 5.74) is 7.46. The molecule has 0 bridgehead atoms. The van der Waals surface area contributed by atoms with Crippen LogP contribution < -0.4 is 5.73 Å². The smallest absolute Gasteiger partial charge is 0.136 e. The molecule has 0 saturated carbocycles. The molecule has 2 aromatic rings. The van der Waals surface area contributed by atoms with E-state index in [1.54, 1.807) is 6.08 Å². The van der Waals surface area contributed by atoms with Gasteiger partial charge in [0.05, 0.1) is 5.69 Å². The molecule has 0 atom stereocenters. The number of benzene rings is 1. The minimum absolute atomic E-state index is 0.681. The lowest BCUT2D eigenvalue weighted by atomic mass is 10.2. The molecule has 0 radical (unpaired) electrons. The van der Waals surface area contributed by atoms with Gasteiger partial charge in [-0.1, -0.05) is 18.2 Å². The van der Waals surface area contributed by atoms with Crippen LogP contribution in [0.3, 0.4) is 0 Å². The normalized spacial score (nSPS) is 10.5. The first-order valence-corrected chi connectivity index (χ1v) is 4.19. The second kappa shape index (κ2) is 2.98. The quantitative estimate of drug-likeness (QED) is 0.709. The Hall–Kier alpha value is -1.70. The zero-order chi connectivity index (χ0) is 9.26. The highest BCUT2D eigenvalue weighted by Gasteiger charge is 2.08. The van der Waals surface area contributed by atoms with E-state index in [9.17, 15) is 0 Å². The van der Waals surface area contributed by atoms with Gasteiger partial charge in [0, 0.05) is 11.8 Å². The van der Waals surface area contributed by atoms with Gasteiger partial charge >= 0.3 is 0 Å². The molecule has 2 heteroatoms. The number of rotatable bonds is 2. The van der Waals surface area contributed by atoms with Crippen LogP contribution in [0.15, 0.2) is 41.3 Å². The third-order valence-electron chi connectivity index (χ3n) is 2.04. The Labute approximate surface area is 76.7 Å². The monoisotopic (exact) mass is 173 g/mol. The highest BCUT2D eigenvalue weighted by Crippen LogP contribution is 2.28. The fourth-order valence-corrected chi connectivity index (χ4v) is 1.40. The molecule has 1 heterocycles. The lowest BCUT2D eigenvalue weighted by Crippen LogP contribution is -1.87. The summed E-state index contributed by atoms with van der Waals surface area (Å²) in [5.74, 6) is 0.802. The summed E-state index contributed by atoms with van der Waals surface area (Å²) >= 11 is 0. The SMILES string of the molecule is C=CCc1oc2ccccc2c1N. The van der Waals surface area contributed by atoms with Crippen LogP contribution >= 0.6 is 0 Å². The molecule has 0 fully saturated rings. The molecular formula is C11H11NO. The first-order chi connectivity index (χ1) is 6.33. The van der Waals surface area contributed by atoms with Gasteiger partial charge in [0.25, 0.3) is 0 Å². The van der Waals surface area contributed by atoms with Crippen LogP contribution in [0.5, 0.6) is 0 Å². The third-order valence-corrected chi connectivity index (χ3v) is 2.04. The van der Waals surface area contributed by atoms with E-state index in [1.807, 2.05) is 24.3 Å². The predicted molar refractivity (Wildman–Crippen MR) is 54.5 cm³/mol. The number of hydrogen-bond donors (Lipinski definition) is 1. The number of allylic oxidation sites excluding steroid dienone is 1.